The SMILES string of the molecule is O=C(C=Cc1ccc(N2C(=O)c3ccc([N+](=O)[O-])cc3C2=O)cc1)c1ccc(N2C(=O)c3ccc([N+](=O)[O-])cc3C2=O)cc1. The van der Waals surface area contributed by atoms with Crippen molar-refractivity contribution in [3.8, 4) is 0 Å². The molecule has 4 aromatic carbocycles. The number of fused-ring (bicyclic) bond motifs is 2. The molecule has 13 heteroatoms. The molecule has 0 N–H and O–H groups in total. The second kappa shape index (κ2) is 10.3. The van der Waals surface area contributed by atoms with Crippen LogP contribution in [0.2, 0.25) is 0 Å². The van der Waals surface area contributed by atoms with Gasteiger partial charge in [-0.2, -0.15) is 0 Å². The molecule has 0 radical (unpaired) electrons. The summed E-state index contributed by atoms with van der Waals surface area (Å²) in [6.45, 7) is 0. The highest BCUT2D eigenvalue weighted by molar-refractivity contribution is 6.35. The molecule has 0 aliphatic carbocycles. The number of anilines is 2. The third-order valence-corrected chi connectivity index (χ3v) is 7.15. The minimum absolute atomic E-state index is 0.0432. The summed E-state index contributed by atoms with van der Waals surface area (Å²) in [4.78, 5) is 86.7. The number of carbonyl (C=O) groups is 5. The van der Waals surface area contributed by atoms with Crippen LogP contribution < -0.4 is 9.80 Å². The molecular formula is C31H16N4O9. The third-order valence-electron chi connectivity index (χ3n) is 7.15. The number of nitrogens with zero attached hydrogens (tertiary/aromatic N) is 4. The fraction of sp³-hybridized carbons (Fsp3) is 0. The Bertz CT molecular complexity index is 2020. The van der Waals surface area contributed by atoms with Crippen LogP contribution >= 0.6 is 0 Å². The molecular weight excluding hydrogens is 572 g/mol. The normalized spacial score (nSPS) is 13.9. The molecule has 0 saturated heterocycles. The fourth-order valence-electron chi connectivity index (χ4n) is 4.93. The topological polar surface area (TPSA) is 178 Å². The van der Waals surface area contributed by atoms with E-state index in [1.807, 2.05) is 0 Å². The first kappa shape index (κ1) is 27.5. The molecule has 0 fully saturated rings. The lowest BCUT2D eigenvalue weighted by Gasteiger charge is -2.14. The van der Waals surface area contributed by atoms with E-state index in [0.717, 1.165) is 34.1 Å². The fourth-order valence-corrected chi connectivity index (χ4v) is 4.93. The van der Waals surface area contributed by atoms with Gasteiger partial charge in [-0.3, -0.25) is 44.2 Å². The number of allylic oxidation sites excluding steroid dienone is 1. The van der Waals surface area contributed by atoms with E-state index in [9.17, 15) is 44.2 Å². The van der Waals surface area contributed by atoms with Gasteiger partial charge in [0.05, 0.1) is 43.5 Å². The van der Waals surface area contributed by atoms with Gasteiger partial charge in [0.2, 0.25) is 0 Å². The summed E-state index contributed by atoms with van der Waals surface area (Å²) >= 11 is 0. The highest BCUT2D eigenvalue weighted by Gasteiger charge is 2.39. The van der Waals surface area contributed by atoms with Crippen LogP contribution in [0.25, 0.3) is 6.08 Å². The van der Waals surface area contributed by atoms with Gasteiger partial charge < -0.3 is 0 Å². The van der Waals surface area contributed by atoms with Crippen molar-refractivity contribution in [2.75, 3.05) is 9.80 Å². The molecule has 13 nitrogen and oxygen atoms in total. The largest absolute Gasteiger partial charge is 0.289 e. The minimum Gasteiger partial charge on any atom is -0.289 e. The lowest BCUT2D eigenvalue weighted by molar-refractivity contribution is -0.385. The molecule has 0 spiro atoms. The summed E-state index contributed by atoms with van der Waals surface area (Å²) in [5.74, 6) is -3.02. The first-order chi connectivity index (χ1) is 21.0. The summed E-state index contributed by atoms with van der Waals surface area (Å²) in [6, 6.07) is 18.8. The average molecular weight is 588 g/mol. The summed E-state index contributed by atoms with van der Waals surface area (Å²) in [5, 5.41) is 22.1. The number of amides is 4. The number of nitro benzene ring substituents is 2. The molecule has 2 aliphatic heterocycles. The Morgan fingerprint density at radius 1 is 0.568 bits per heavy atom. The highest BCUT2D eigenvalue weighted by Crippen LogP contribution is 2.32. The number of rotatable bonds is 7. The number of nitro groups is 2. The lowest BCUT2D eigenvalue weighted by atomic mass is 10.1. The quantitative estimate of drug-likeness (QED) is 0.0944. The maximum atomic E-state index is 12.8. The van der Waals surface area contributed by atoms with E-state index < -0.39 is 33.5 Å². The van der Waals surface area contributed by atoms with Gasteiger partial charge in [0.25, 0.3) is 35.0 Å². The Balaban J connectivity index is 1.14. The average Bonchev–Trinajstić information content (AvgIpc) is 3.43. The molecule has 0 aromatic heterocycles. The number of imide groups is 2. The third kappa shape index (κ3) is 4.50. The van der Waals surface area contributed by atoms with Crippen LogP contribution in [-0.2, 0) is 0 Å². The van der Waals surface area contributed by atoms with Crippen LogP contribution in [0.4, 0.5) is 22.7 Å². The van der Waals surface area contributed by atoms with Crippen molar-refractivity contribution in [2.45, 2.75) is 0 Å². The summed E-state index contributed by atoms with van der Waals surface area (Å²) in [5.41, 5.74) is 0.629. The minimum atomic E-state index is -0.710. The molecule has 2 aliphatic rings. The second-order valence-electron chi connectivity index (χ2n) is 9.70. The Morgan fingerprint density at radius 2 is 0.977 bits per heavy atom. The summed E-state index contributed by atoms with van der Waals surface area (Å²) < 4.78 is 0. The second-order valence-corrected chi connectivity index (χ2v) is 9.70. The van der Waals surface area contributed by atoms with Crippen molar-refractivity contribution < 1.29 is 33.8 Å². The number of carbonyl (C=O) groups excluding carboxylic acids is 5. The number of ketones is 1. The zero-order valence-corrected chi connectivity index (χ0v) is 22.2. The maximum Gasteiger partial charge on any atom is 0.270 e. The van der Waals surface area contributed by atoms with Crippen LogP contribution in [-0.4, -0.2) is 39.3 Å². The van der Waals surface area contributed by atoms with Gasteiger partial charge in [0.15, 0.2) is 5.78 Å². The van der Waals surface area contributed by atoms with Crippen LogP contribution in [0.3, 0.4) is 0 Å². The van der Waals surface area contributed by atoms with E-state index in [-0.39, 0.29) is 56.4 Å². The highest BCUT2D eigenvalue weighted by atomic mass is 16.6. The van der Waals surface area contributed by atoms with Crippen molar-refractivity contribution in [1.29, 1.82) is 0 Å². The number of benzene rings is 4. The van der Waals surface area contributed by atoms with E-state index in [0.29, 0.717) is 5.56 Å². The van der Waals surface area contributed by atoms with E-state index in [1.165, 1.54) is 60.7 Å². The van der Waals surface area contributed by atoms with E-state index in [1.54, 1.807) is 12.1 Å². The van der Waals surface area contributed by atoms with E-state index >= 15 is 0 Å². The smallest absolute Gasteiger partial charge is 0.270 e. The van der Waals surface area contributed by atoms with Gasteiger partial charge in [-0.25, -0.2) is 9.80 Å². The molecule has 214 valence electrons. The molecule has 2 heterocycles. The van der Waals surface area contributed by atoms with Gasteiger partial charge in [-0.1, -0.05) is 18.2 Å². The van der Waals surface area contributed by atoms with Gasteiger partial charge >= 0.3 is 0 Å². The number of hydrogen-bond donors (Lipinski definition) is 0. The molecule has 0 bridgehead atoms. The first-order valence-corrected chi connectivity index (χ1v) is 12.8. The van der Waals surface area contributed by atoms with Crippen molar-refractivity contribution in [3.63, 3.8) is 0 Å². The van der Waals surface area contributed by atoms with Gasteiger partial charge in [-0.15, -0.1) is 0 Å². The molecule has 0 atom stereocenters. The van der Waals surface area contributed by atoms with Gasteiger partial charge in [0, 0.05) is 29.8 Å². The standard InChI is InChI=1S/C31H16N4O9/c36-27(18-4-8-20(9-5-18)33-29(38)24-13-11-22(35(43)44)16-26(24)31(33)40)14-3-17-1-6-19(7-2-17)32-28(37)23-12-10-21(34(41)42)15-25(23)30(32)39/h1-16H. The van der Waals surface area contributed by atoms with Gasteiger partial charge in [-0.05, 0) is 60.2 Å². The van der Waals surface area contributed by atoms with Crippen LogP contribution in [0.15, 0.2) is 91.0 Å². The van der Waals surface area contributed by atoms with Crippen LogP contribution in [0.1, 0.15) is 57.4 Å². The number of non-ortho nitro benzene ring substituents is 2. The first-order valence-electron chi connectivity index (χ1n) is 12.8. The Hall–Kier alpha value is -6.63. The van der Waals surface area contributed by atoms with Gasteiger partial charge in [0.1, 0.15) is 0 Å². The zero-order valence-electron chi connectivity index (χ0n) is 22.2. The van der Waals surface area contributed by atoms with Crippen LogP contribution in [0.5, 0.6) is 0 Å². The Morgan fingerprint density at radius 3 is 1.41 bits per heavy atom. The summed E-state index contributed by atoms with van der Waals surface area (Å²) in [6.07, 6.45) is 2.81. The predicted octanol–water partition coefficient (Wildman–Crippen LogP) is 5.00. The maximum absolute atomic E-state index is 12.8. The Labute approximate surface area is 246 Å². The predicted molar refractivity (Wildman–Crippen MR) is 155 cm³/mol. The molecule has 4 amide bonds. The molecule has 4 aromatic rings. The Kier molecular flexibility index (Phi) is 6.46. The van der Waals surface area contributed by atoms with Crippen molar-refractivity contribution in [1.82, 2.24) is 0 Å². The molecule has 0 saturated carbocycles. The summed E-state index contributed by atoms with van der Waals surface area (Å²) in [7, 11) is 0. The van der Waals surface area contributed by atoms with Crippen molar-refractivity contribution in [3.05, 3.63) is 145 Å². The van der Waals surface area contributed by atoms with Crippen molar-refractivity contribution >= 4 is 58.2 Å². The number of hydrogen-bond acceptors (Lipinski definition) is 9. The van der Waals surface area contributed by atoms with Crippen molar-refractivity contribution in [2.24, 2.45) is 0 Å². The molecule has 44 heavy (non-hydrogen) atoms. The zero-order chi connectivity index (χ0) is 31.3. The van der Waals surface area contributed by atoms with E-state index in [4.69, 9.17) is 0 Å². The van der Waals surface area contributed by atoms with Crippen LogP contribution in [0, 0.1) is 20.2 Å². The van der Waals surface area contributed by atoms with E-state index in [2.05, 4.69) is 0 Å². The molecule has 0 unspecified atom stereocenters. The molecule has 6 rings (SSSR count). The lowest BCUT2D eigenvalue weighted by Crippen LogP contribution is -2.29. The monoisotopic (exact) mass is 588 g/mol.